The molecule has 5 heteroatoms. The molecule has 0 atom stereocenters. The van der Waals surface area contributed by atoms with Crippen molar-refractivity contribution in [2.45, 2.75) is 27.2 Å². The van der Waals surface area contributed by atoms with Gasteiger partial charge in [-0.2, -0.15) is 0 Å². The Hall–Kier alpha value is -1.78. The van der Waals surface area contributed by atoms with Gasteiger partial charge in [0.25, 0.3) is 5.91 Å². The molecular formula is C14H22N2O3. The average molecular weight is 266 g/mol. The number of nitrogens with one attached hydrogen (secondary N) is 1. The normalized spacial score (nSPS) is 10.5. The summed E-state index contributed by atoms with van der Waals surface area (Å²) in [5.74, 6) is 0.626. The third-order valence-electron chi connectivity index (χ3n) is 2.83. The summed E-state index contributed by atoms with van der Waals surface area (Å²) < 4.78 is 4.99. The summed E-state index contributed by atoms with van der Waals surface area (Å²) in [5, 5.41) is 2.73. The van der Waals surface area contributed by atoms with E-state index in [2.05, 4.69) is 19.2 Å². The SMILES string of the molecule is CC(=O)N(CCNC(=O)c1ccco1)CCC(C)C. The minimum absolute atomic E-state index is 0.0351. The maximum absolute atomic E-state index is 11.6. The van der Waals surface area contributed by atoms with Crippen molar-refractivity contribution in [2.75, 3.05) is 19.6 Å². The van der Waals surface area contributed by atoms with Crippen LogP contribution in [-0.4, -0.2) is 36.3 Å². The Balaban J connectivity index is 2.32. The lowest BCUT2D eigenvalue weighted by Gasteiger charge is -2.22. The molecule has 0 aliphatic carbocycles. The molecule has 0 spiro atoms. The molecule has 19 heavy (non-hydrogen) atoms. The molecule has 5 nitrogen and oxygen atoms in total. The lowest BCUT2D eigenvalue weighted by atomic mass is 10.1. The van der Waals surface area contributed by atoms with E-state index in [9.17, 15) is 9.59 Å². The predicted octanol–water partition coefficient (Wildman–Crippen LogP) is 1.90. The van der Waals surface area contributed by atoms with Gasteiger partial charge in [-0.3, -0.25) is 9.59 Å². The van der Waals surface area contributed by atoms with Crippen molar-refractivity contribution >= 4 is 11.8 Å². The van der Waals surface area contributed by atoms with Crippen molar-refractivity contribution in [2.24, 2.45) is 5.92 Å². The molecule has 0 aliphatic heterocycles. The standard InChI is InChI=1S/C14H22N2O3/c1-11(2)6-8-16(12(3)17)9-7-15-14(18)13-5-4-10-19-13/h4-5,10-11H,6-9H2,1-3H3,(H,15,18). The monoisotopic (exact) mass is 266 g/mol. The van der Waals surface area contributed by atoms with Crippen LogP contribution in [0.4, 0.5) is 0 Å². The summed E-state index contributed by atoms with van der Waals surface area (Å²) >= 11 is 0. The molecule has 2 amide bonds. The molecule has 106 valence electrons. The van der Waals surface area contributed by atoms with Crippen LogP contribution in [0.2, 0.25) is 0 Å². The van der Waals surface area contributed by atoms with Gasteiger partial charge in [0.2, 0.25) is 5.91 Å². The Morgan fingerprint density at radius 3 is 2.63 bits per heavy atom. The highest BCUT2D eigenvalue weighted by Gasteiger charge is 2.11. The topological polar surface area (TPSA) is 62.6 Å². The van der Waals surface area contributed by atoms with Crippen LogP contribution in [0.15, 0.2) is 22.8 Å². The number of carbonyl (C=O) groups is 2. The molecule has 0 fully saturated rings. The molecule has 1 N–H and O–H groups in total. The van der Waals surface area contributed by atoms with Crippen LogP contribution in [0.25, 0.3) is 0 Å². The molecule has 0 saturated carbocycles. The number of furan rings is 1. The van der Waals surface area contributed by atoms with E-state index in [1.165, 1.54) is 6.26 Å². The van der Waals surface area contributed by atoms with Crippen LogP contribution in [0.1, 0.15) is 37.7 Å². The number of hydrogen-bond donors (Lipinski definition) is 1. The second-order valence-electron chi connectivity index (χ2n) is 4.92. The first-order valence-corrected chi connectivity index (χ1v) is 6.58. The molecule has 0 bridgehead atoms. The van der Waals surface area contributed by atoms with E-state index in [1.807, 2.05) is 0 Å². The van der Waals surface area contributed by atoms with Gasteiger partial charge in [-0.05, 0) is 24.5 Å². The minimum Gasteiger partial charge on any atom is -0.459 e. The number of carbonyl (C=O) groups excluding carboxylic acids is 2. The lowest BCUT2D eigenvalue weighted by molar-refractivity contribution is -0.128. The zero-order chi connectivity index (χ0) is 14.3. The van der Waals surface area contributed by atoms with Gasteiger partial charge in [-0.25, -0.2) is 0 Å². The average Bonchev–Trinajstić information content (AvgIpc) is 2.86. The van der Waals surface area contributed by atoms with E-state index in [4.69, 9.17) is 4.42 Å². The molecule has 0 saturated heterocycles. The molecule has 0 unspecified atom stereocenters. The second kappa shape index (κ2) is 7.61. The fourth-order valence-corrected chi connectivity index (χ4v) is 1.64. The van der Waals surface area contributed by atoms with Gasteiger partial charge in [0.1, 0.15) is 0 Å². The molecule has 0 aromatic carbocycles. The van der Waals surface area contributed by atoms with E-state index in [1.54, 1.807) is 24.0 Å². The summed E-state index contributed by atoms with van der Waals surface area (Å²) in [5.41, 5.74) is 0. The molecule has 1 rings (SSSR count). The fourth-order valence-electron chi connectivity index (χ4n) is 1.64. The highest BCUT2D eigenvalue weighted by atomic mass is 16.3. The summed E-state index contributed by atoms with van der Waals surface area (Å²) in [6.45, 7) is 7.47. The molecular weight excluding hydrogens is 244 g/mol. The molecule has 1 heterocycles. The van der Waals surface area contributed by atoms with E-state index in [0.29, 0.717) is 19.0 Å². The van der Waals surface area contributed by atoms with E-state index < -0.39 is 0 Å². The second-order valence-corrected chi connectivity index (χ2v) is 4.92. The fraction of sp³-hybridized carbons (Fsp3) is 0.571. The maximum Gasteiger partial charge on any atom is 0.287 e. The van der Waals surface area contributed by atoms with E-state index in [0.717, 1.165) is 13.0 Å². The summed E-state index contributed by atoms with van der Waals surface area (Å²) in [7, 11) is 0. The Morgan fingerprint density at radius 1 is 1.37 bits per heavy atom. The van der Waals surface area contributed by atoms with Gasteiger partial charge in [0.15, 0.2) is 5.76 Å². The van der Waals surface area contributed by atoms with Crippen molar-refractivity contribution in [3.8, 4) is 0 Å². The van der Waals surface area contributed by atoms with Crippen LogP contribution in [0.5, 0.6) is 0 Å². The Bertz CT molecular complexity index is 399. The van der Waals surface area contributed by atoms with E-state index in [-0.39, 0.29) is 17.6 Å². The van der Waals surface area contributed by atoms with Gasteiger partial charge in [0, 0.05) is 26.6 Å². The third-order valence-corrected chi connectivity index (χ3v) is 2.83. The number of amides is 2. The van der Waals surface area contributed by atoms with Gasteiger partial charge in [0.05, 0.1) is 6.26 Å². The predicted molar refractivity (Wildman–Crippen MR) is 72.8 cm³/mol. The Kier molecular flexibility index (Phi) is 6.12. The number of nitrogens with zero attached hydrogens (tertiary/aromatic N) is 1. The quantitative estimate of drug-likeness (QED) is 0.820. The van der Waals surface area contributed by atoms with Crippen molar-refractivity contribution in [3.05, 3.63) is 24.2 Å². The number of hydrogen-bond acceptors (Lipinski definition) is 3. The first kappa shape index (κ1) is 15.3. The van der Waals surface area contributed by atoms with Crippen LogP contribution < -0.4 is 5.32 Å². The van der Waals surface area contributed by atoms with Crippen LogP contribution in [0.3, 0.4) is 0 Å². The maximum atomic E-state index is 11.6. The Labute approximate surface area is 114 Å². The highest BCUT2D eigenvalue weighted by molar-refractivity contribution is 5.91. The Morgan fingerprint density at radius 2 is 2.11 bits per heavy atom. The van der Waals surface area contributed by atoms with Gasteiger partial charge in [-0.1, -0.05) is 13.8 Å². The first-order valence-electron chi connectivity index (χ1n) is 6.58. The zero-order valence-electron chi connectivity index (χ0n) is 11.8. The van der Waals surface area contributed by atoms with Crippen molar-refractivity contribution in [1.82, 2.24) is 10.2 Å². The lowest BCUT2D eigenvalue weighted by Crippen LogP contribution is -2.38. The summed E-state index contributed by atoms with van der Waals surface area (Å²) in [6.07, 6.45) is 2.42. The molecule has 0 radical (unpaired) electrons. The van der Waals surface area contributed by atoms with Crippen molar-refractivity contribution in [1.29, 1.82) is 0 Å². The van der Waals surface area contributed by atoms with Gasteiger partial charge in [-0.15, -0.1) is 0 Å². The summed E-state index contributed by atoms with van der Waals surface area (Å²) in [6, 6.07) is 3.27. The zero-order valence-corrected chi connectivity index (χ0v) is 11.8. The first-order chi connectivity index (χ1) is 9.00. The van der Waals surface area contributed by atoms with Crippen molar-refractivity contribution < 1.29 is 14.0 Å². The van der Waals surface area contributed by atoms with Gasteiger partial charge < -0.3 is 14.6 Å². The molecule has 1 aromatic rings. The van der Waals surface area contributed by atoms with Crippen LogP contribution in [-0.2, 0) is 4.79 Å². The largest absolute Gasteiger partial charge is 0.459 e. The van der Waals surface area contributed by atoms with Crippen LogP contribution >= 0.6 is 0 Å². The third kappa shape index (κ3) is 5.59. The van der Waals surface area contributed by atoms with E-state index >= 15 is 0 Å². The van der Waals surface area contributed by atoms with Crippen LogP contribution in [0, 0.1) is 5.92 Å². The minimum atomic E-state index is -0.252. The number of rotatable bonds is 7. The van der Waals surface area contributed by atoms with Crippen molar-refractivity contribution in [3.63, 3.8) is 0 Å². The van der Waals surface area contributed by atoms with Gasteiger partial charge >= 0.3 is 0 Å². The smallest absolute Gasteiger partial charge is 0.287 e. The highest BCUT2D eigenvalue weighted by Crippen LogP contribution is 2.02. The molecule has 1 aromatic heterocycles. The summed E-state index contributed by atoms with van der Waals surface area (Å²) in [4.78, 5) is 24.8. The molecule has 0 aliphatic rings.